The first-order chi connectivity index (χ1) is 7.67. The fourth-order valence-corrected chi connectivity index (χ4v) is 1.89. The average Bonchev–Trinajstić information content (AvgIpc) is 2.26. The number of benzene rings is 1. The molecular formula is C10H13NO4S. The first-order valence-corrected chi connectivity index (χ1v) is 5.82. The summed E-state index contributed by atoms with van der Waals surface area (Å²) in [6.45, 7) is 2.32. The molecule has 1 aromatic rings. The van der Waals surface area contributed by atoms with E-state index in [0.717, 1.165) is 4.90 Å². The van der Waals surface area contributed by atoms with Crippen molar-refractivity contribution in [3.63, 3.8) is 0 Å². The normalized spacial score (nSPS) is 10.1. The van der Waals surface area contributed by atoms with E-state index in [1.807, 2.05) is 6.92 Å². The van der Waals surface area contributed by atoms with E-state index in [1.165, 1.54) is 23.9 Å². The van der Waals surface area contributed by atoms with Crippen molar-refractivity contribution in [1.82, 2.24) is 0 Å². The highest BCUT2D eigenvalue weighted by Crippen LogP contribution is 2.29. The van der Waals surface area contributed by atoms with Crippen molar-refractivity contribution in [1.29, 1.82) is 0 Å². The van der Waals surface area contributed by atoms with Crippen LogP contribution >= 0.6 is 11.8 Å². The number of nitro benzene ring substituents is 1. The molecule has 0 unspecified atom stereocenters. The van der Waals surface area contributed by atoms with Gasteiger partial charge in [0.05, 0.1) is 24.2 Å². The maximum Gasteiger partial charge on any atom is 0.274 e. The van der Waals surface area contributed by atoms with Crippen molar-refractivity contribution < 1.29 is 14.8 Å². The van der Waals surface area contributed by atoms with Crippen molar-refractivity contribution in [2.24, 2.45) is 0 Å². The van der Waals surface area contributed by atoms with E-state index in [2.05, 4.69) is 0 Å². The lowest BCUT2D eigenvalue weighted by Crippen LogP contribution is -1.95. The smallest absolute Gasteiger partial charge is 0.274 e. The average molecular weight is 243 g/mol. The van der Waals surface area contributed by atoms with Gasteiger partial charge in [-0.1, -0.05) is 0 Å². The molecule has 0 aliphatic heterocycles. The molecule has 0 amide bonds. The van der Waals surface area contributed by atoms with Crippen LogP contribution < -0.4 is 4.74 Å². The number of hydrogen-bond donors (Lipinski definition) is 1. The van der Waals surface area contributed by atoms with Crippen LogP contribution in [-0.4, -0.2) is 29.0 Å². The van der Waals surface area contributed by atoms with Gasteiger partial charge in [0.15, 0.2) is 0 Å². The molecule has 1 N–H and O–H groups in total. The van der Waals surface area contributed by atoms with Gasteiger partial charge in [0.1, 0.15) is 5.75 Å². The molecule has 0 radical (unpaired) electrons. The molecule has 0 atom stereocenters. The summed E-state index contributed by atoms with van der Waals surface area (Å²) in [5, 5.41) is 19.4. The molecule has 88 valence electrons. The molecule has 0 saturated carbocycles. The third-order valence-electron chi connectivity index (χ3n) is 1.75. The predicted octanol–water partition coefficient (Wildman–Crippen LogP) is 2.08. The van der Waals surface area contributed by atoms with E-state index in [0.29, 0.717) is 18.1 Å². The van der Waals surface area contributed by atoms with Crippen LogP contribution in [0.15, 0.2) is 23.1 Å². The lowest BCUT2D eigenvalue weighted by molar-refractivity contribution is -0.385. The predicted molar refractivity (Wildman–Crippen MR) is 62.1 cm³/mol. The number of ether oxygens (including phenoxy) is 1. The number of rotatable bonds is 6. The maximum atomic E-state index is 10.7. The van der Waals surface area contributed by atoms with E-state index < -0.39 is 4.92 Å². The summed E-state index contributed by atoms with van der Waals surface area (Å²) in [4.78, 5) is 11.0. The second kappa shape index (κ2) is 6.34. The Kier molecular flexibility index (Phi) is 5.07. The molecule has 0 aliphatic carbocycles. The van der Waals surface area contributed by atoms with Crippen LogP contribution in [0.3, 0.4) is 0 Å². The number of nitrogens with zero attached hydrogens (tertiary/aromatic N) is 1. The quantitative estimate of drug-likeness (QED) is 0.470. The topological polar surface area (TPSA) is 72.6 Å². The van der Waals surface area contributed by atoms with Crippen LogP contribution in [0.5, 0.6) is 5.75 Å². The molecule has 0 aromatic heterocycles. The number of thioether (sulfide) groups is 1. The lowest BCUT2D eigenvalue weighted by atomic mass is 10.3. The molecule has 0 heterocycles. The van der Waals surface area contributed by atoms with Crippen LogP contribution in [0.2, 0.25) is 0 Å². The van der Waals surface area contributed by atoms with Crippen molar-refractivity contribution in [2.75, 3.05) is 19.0 Å². The number of aliphatic hydroxyl groups excluding tert-OH is 1. The first kappa shape index (κ1) is 12.8. The van der Waals surface area contributed by atoms with Crippen molar-refractivity contribution in [3.8, 4) is 5.75 Å². The monoisotopic (exact) mass is 243 g/mol. The highest BCUT2D eigenvalue weighted by atomic mass is 32.2. The van der Waals surface area contributed by atoms with E-state index >= 15 is 0 Å². The molecule has 16 heavy (non-hydrogen) atoms. The number of hydrogen-bond acceptors (Lipinski definition) is 5. The minimum Gasteiger partial charge on any atom is -0.494 e. The summed E-state index contributed by atoms with van der Waals surface area (Å²) < 4.78 is 5.24. The summed E-state index contributed by atoms with van der Waals surface area (Å²) in [6.07, 6.45) is 0. The molecule has 0 spiro atoms. The van der Waals surface area contributed by atoms with E-state index in [9.17, 15) is 10.1 Å². The van der Waals surface area contributed by atoms with Gasteiger partial charge in [0, 0.05) is 16.7 Å². The highest BCUT2D eigenvalue weighted by molar-refractivity contribution is 7.99. The molecule has 0 saturated heterocycles. The number of aliphatic hydroxyl groups is 1. The summed E-state index contributed by atoms with van der Waals surface area (Å²) in [7, 11) is 0. The summed E-state index contributed by atoms with van der Waals surface area (Å²) >= 11 is 1.36. The van der Waals surface area contributed by atoms with Gasteiger partial charge >= 0.3 is 0 Å². The summed E-state index contributed by atoms with van der Waals surface area (Å²) in [5.41, 5.74) is 0.00592. The molecule has 0 bridgehead atoms. The summed E-state index contributed by atoms with van der Waals surface area (Å²) in [6, 6.07) is 4.60. The van der Waals surface area contributed by atoms with Gasteiger partial charge < -0.3 is 9.84 Å². The zero-order chi connectivity index (χ0) is 12.0. The Morgan fingerprint density at radius 3 is 2.81 bits per heavy atom. The van der Waals surface area contributed by atoms with Gasteiger partial charge in [-0.05, 0) is 13.0 Å². The highest BCUT2D eigenvalue weighted by Gasteiger charge is 2.10. The lowest BCUT2D eigenvalue weighted by Gasteiger charge is -2.05. The van der Waals surface area contributed by atoms with Crippen LogP contribution in [0.4, 0.5) is 5.69 Å². The van der Waals surface area contributed by atoms with Gasteiger partial charge in [-0.3, -0.25) is 10.1 Å². The molecule has 5 nitrogen and oxygen atoms in total. The second-order valence-electron chi connectivity index (χ2n) is 2.92. The number of non-ortho nitro benzene ring substituents is 1. The molecule has 1 rings (SSSR count). The molecule has 0 aliphatic rings. The van der Waals surface area contributed by atoms with Gasteiger partial charge in [0.25, 0.3) is 5.69 Å². The minimum atomic E-state index is -0.453. The Morgan fingerprint density at radius 2 is 2.25 bits per heavy atom. The first-order valence-electron chi connectivity index (χ1n) is 4.83. The van der Waals surface area contributed by atoms with Gasteiger partial charge in [0.2, 0.25) is 0 Å². The molecule has 0 fully saturated rings. The Hall–Kier alpha value is -1.27. The van der Waals surface area contributed by atoms with Crippen LogP contribution in [0.25, 0.3) is 0 Å². The zero-order valence-electron chi connectivity index (χ0n) is 8.88. The molecule has 1 aromatic carbocycles. The third kappa shape index (κ3) is 3.71. The molecule has 6 heteroatoms. The van der Waals surface area contributed by atoms with Crippen LogP contribution in [-0.2, 0) is 0 Å². The Balaban J connectivity index is 2.93. The van der Waals surface area contributed by atoms with Gasteiger partial charge in [-0.25, -0.2) is 0 Å². The fourth-order valence-electron chi connectivity index (χ4n) is 1.16. The SMILES string of the molecule is CCOc1cc(SCCO)cc([N+](=O)[O-])c1. The Labute approximate surface area is 97.6 Å². The zero-order valence-corrected chi connectivity index (χ0v) is 9.70. The van der Waals surface area contributed by atoms with Crippen molar-refractivity contribution in [3.05, 3.63) is 28.3 Å². The fraction of sp³-hybridized carbons (Fsp3) is 0.400. The number of nitro groups is 1. The third-order valence-corrected chi connectivity index (χ3v) is 2.70. The molecular weight excluding hydrogens is 230 g/mol. The Bertz CT molecular complexity index is 370. The van der Waals surface area contributed by atoms with E-state index in [4.69, 9.17) is 9.84 Å². The van der Waals surface area contributed by atoms with Gasteiger partial charge in [-0.2, -0.15) is 0 Å². The summed E-state index contributed by atoms with van der Waals surface area (Å²) in [5.74, 6) is 0.990. The van der Waals surface area contributed by atoms with Crippen LogP contribution in [0.1, 0.15) is 6.92 Å². The van der Waals surface area contributed by atoms with E-state index in [1.54, 1.807) is 6.07 Å². The standard InChI is InChI=1S/C10H13NO4S/c1-2-15-9-5-8(11(13)14)6-10(7-9)16-4-3-12/h5-7,12H,2-4H2,1H3. The Morgan fingerprint density at radius 1 is 1.50 bits per heavy atom. The maximum absolute atomic E-state index is 10.7. The van der Waals surface area contributed by atoms with Crippen molar-refractivity contribution >= 4 is 17.4 Å². The largest absolute Gasteiger partial charge is 0.494 e. The van der Waals surface area contributed by atoms with Crippen molar-refractivity contribution in [2.45, 2.75) is 11.8 Å². The van der Waals surface area contributed by atoms with E-state index in [-0.39, 0.29) is 12.3 Å². The minimum absolute atomic E-state index is 0.00592. The second-order valence-corrected chi connectivity index (χ2v) is 4.09. The van der Waals surface area contributed by atoms with Gasteiger partial charge in [-0.15, -0.1) is 11.8 Å². The van der Waals surface area contributed by atoms with Crippen LogP contribution in [0, 0.1) is 10.1 Å².